The summed E-state index contributed by atoms with van der Waals surface area (Å²) in [4.78, 5) is 4.70. The lowest BCUT2D eigenvalue weighted by molar-refractivity contribution is -0.761. The van der Waals surface area contributed by atoms with E-state index in [1.807, 2.05) is 12.3 Å². The third kappa shape index (κ3) is 3.10. The number of allylic oxidation sites excluding steroid dienone is 4. The molecule has 1 aromatic carbocycles. The molecular formula is C25H29N2+. The molecule has 0 aliphatic carbocycles. The molecule has 2 heterocycles. The Balaban J connectivity index is 2.30. The molecule has 3 rings (SSSR count). The second-order valence-corrected chi connectivity index (χ2v) is 7.76. The van der Waals surface area contributed by atoms with Gasteiger partial charge in [0.1, 0.15) is 6.54 Å². The van der Waals surface area contributed by atoms with E-state index >= 15 is 0 Å². The monoisotopic (exact) mass is 357 g/mol. The van der Waals surface area contributed by atoms with Crippen molar-refractivity contribution in [3.63, 3.8) is 0 Å². The van der Waals surface area contributed by atoms with Crippen LogP contribution in [0.5, 0.6) is 0 Å². The molecule has 2 nitrogen and oxygen atoms in total. The Morgan fingerprint density at radius 3 is 2.56 bits per heavy atom. The predicted octanol–water partition coefficient (Wildman–Crippen LogP) is 5.41. The fraction of sp³-hybridized carbons (Fsp3) is 0.280. The largest absolute Gasteiger partial charge is 0.286 e. The number of fused-ring (bicyclic) bond motifs is 3. The van der Waals surface area contributed by atoms with Crippen molar-refractivity contribution in [1.29, 1.82) is 0 Å². The highest BCUT2D eigenvalue weighted by molar-refractivity contribution is 5.70. The Morgan fingerprint density at radius 1 is 1.07 bits per heavy atom. The van der Waals surface area contributed by atoms with Gasteiger partial charge in [-0.15, -0.1) is 0 Å². The van der Waals surface area contributed by atoms with Crippen molar-refractivity contribution in [3.8, 4) is 11.3 Å². The summed E-state index contributed by atoms with van der Waals surface area (Å²) in [6.07, 6.45) is 10.7. The fourth-order valence-electron chi connectivity index (χ4n) is 4.50. The van der Waals surface area contributed by atoms with Crippen molar-refractivity contribution in [2.45, 2.75) is 38.1 Å². The smallest absolute Gasteiger partial charge is 0.213 e. The van der Waals surface area contributed by atoms with E-state index in [-0.39, 0.29) is 11.0 Å². The van der Waals surface area contributed by atoms with Crippen molar-refractivity contribution in [2.24, 2.45) is 4.99 Å². The number of rotatable bonds is 6. The first-order valence-corrected chi connectivity index (χ1v) is 9.48. The van der Waals surface area contributed by atoms with Crippen LogP contribution in [0.2, 0.25) is 0 Å². The summed E-state index contributed by atoms with van der Waals surface area (Å²) in [7, 11) is 0. The van der Waals surface area contributed by atoms with Crippen LogP contribution in [0.15, 0.2) is 90.6 Å². The molecule has 2 atom stereocenters. The van der Waals surface area contributed by atoms with E-state index in [0.29, 0.717) is 6.54 Å². The average Bonchev–Trinajstić information content (AvgIpc) is 2.67. The number of aliphatic imine (C=N–C) groups is 1. The maximum Gasteiger partial charge on any atom is 0.213 e. The van der Waals surface area contributed by atoms with E-state index in [0.717, 1.165) is 6.42 Å². The number of pyridine rings is 1. The van der Waals surface area contributed by atoms with E-state index in [1.165, 1.54) is 22.4 Å². The lowest BCUT2D eigenvalue weighted by Crippen LogP contribution is -2.69. The van der Waals surface area contributed by atoms with Gasteiger partial charge in [-0.1, -0.05) is 55.2 Å². The molecular weight excluding hydrogens is 328 g/mol. The molecule has 0 saturated carbocycles. The molecule has 2 unspecified atom stereocenters. The van der Waals surface area contributed by atoms with Crippen LogP contribution in [0, 0.1) is 0 Å². The lowest BCUT2D eigenvalue weighted by Gasteiger charge is -2.46. The molecule has 0 fully saturated rings. The molecule has 2 aromatic rings. The Kier molecular flexibility index (Phi) is 5.27. The van der Waals surface area contributed by atoms with Crippen LogP contribution in [-0.4, -0.2) is 12.8 Å². The van der Waals surface area contributed by atoms with Gasteiger partial charge in [-0.05, 0) is 38.0 Å². The zero-order valence-electron chi connectivity index (χ0n) is 16.7. The summed E-state index contributed by atoms with van der Waals surface area (Å²) < 4.78 is 2.41. The van der Waals surface area contributed by atoms with E-state index < -0.39 is 0 Å². The van der Waals surface area contributed by atoms with E-state index in [2.05, 4.69) is 93.2 Å². The lowest BCUT2D eigenvalue weighted by atomic mass is 9.60. The van der Waals surface area contributed by atoms with Crippen LogP contribution in [0.3, 0.4) is 0 Å². The van der Waals surface area contributed by atoms with Crippen LogP contribution < -0.4 is 4.57 Å². The molecule has 2 heteroatoms. The average molecular weight is 358 g/mol. The third-order valence-corrected chi connectivity index (χ3v) is 6.02. The number of hydrogen-bond donors (Lipinski definition) is 0. The first-order valence-electron chi connectivity index (χ1n) is 9.48. The van der Waals surface area contributed by atoms with Gasteiger partial charge in [-0.2, -0.15) is 4.57 Å². The summed E-state index contributed by atoms with van der Waals surface area (Å²) in [5.74, 6) is 0. The summed E-state index contributed by atoms with van der Waals surface area (Å²) in [5, 5.41) is 0. The Labute approximate surface area is 163 Å². The predicted molar refractivity (Wildman–Crippen MR) is 115 cm³/mol. The Hall–Kier alpha value is -2.74. The molecule has 1 aromatic heterocycles. The molecule has 27 heavy (non-hydrogen) atoms. The highest BCUT2D eigenvalue weighted by Gasteiger charge is 2.57. The van der Waals surface area contributed by atoms with E-state index in [4.69, 9.17) is 4.99 Å². The highest BCUT2D eigenvalue weighted by atomic mass is 15.1. The van der Waals surface area contributed by atoms with Gasteiger partial charge < -0.3 is 0 Å². The van der Waals surface area contributed by atoms with Crippen LogP contribution in [0.4, 0.5) is 0 Å². The van der Waals surface area contributed by atoms with Gasteiger partial charge in [0.05, 0.1) is 11.0 Å². The second kappa shape index (κ2) is 7.48. The number of hydrogen-bond acceptors (Lipinski definition) is 1. The van der Waals surface area contributed by atoms with Crippen LogP contribution in [-0.2, 0) is 11.0 Å². The van der Waals surface area contributed by atoms with Gasteiger partial charge in [0.2, 0.25) is 5.69 Å². The molecule has 0 bridgehead atoms. The first-order chi connectivity index (χ1) is 13.0. The van der Waals surface area contributed by atoms with Gasteiger partial charge in [-0.25, -0.2) is 0 Å². The summed E-state index contributed by atoms with van der Waals surface area (Å²) in [6.45, 7) is 15.2. The molecule has 0 spiro atoms. The minimum atomic E-state index is -0.215. The van der Waals surface area contributed by atoms with Gasteiger partial charge in [0, 0.05) is 25.3 Å². The Morgan fingerprint density at radius 2 is 1.81 bits per heavy atom. The third-order valence-electron chi connectivity index (χ3n) is 6.02. The highest BCUT2D eigenvalue weighted by Crippen LogP contribution is 2.49. The molecule has 0 amide bonds. The van der Waals surface area contributed by atoms with Crippen molar-refractivity contribution >= 4 is 6.21 Å². The number of aromatic nitrogens is 1. The summed E-state index contributed by atoms with van der Waals surface area (Å²) in [5.41, 5.74) is 4.91. The second-order valence-electron chi connectivity index (χ2n) is 7.76. The standard InChI is InChI=1S/C25H29N2/c1-6-12-20(3)18-24(4)22-14-9-8-13-21(22)23-15-10-11-17-27(23)25(24,5)19-26-16-7-2/h6-17H,1-2,18-19H2,3-5H3/q+1/b20-12+,26-16?. The molecule has 138 valence electrons. The minimum absolute atomic E-state index is 0.120. The molecule has 1 aliphatic rings. The van der Waals surface area contributed by atoms with Crippen molar-refractivity contribution in [1.82, 2.24) is 0 Å². The number of benzene rings is 1. The zero-order chi connectivity index (χ0) is 19.5. The SMILES string of the molecule is C=CC=NCC1(C)[n+]2ccccc2-c2ccccc2C1(C)C/C(C)=C/C=C. The fourth-order valence-corrected chi connectivity index (χ4v) is 4.50. The molecule has 0 saturated heterocycles. The van der Waals surface area contributed by atoms with Crippen LogP contribution >= 0.6 is 0 Å². The first kappa shape index (κ1) is 19.0. The van der Waals surface area contributed by atoms with Gasteiger partial charge in [0.25, 0.3) is 0 Å². The van der Waals surface area contributed by atoms with Gasteiger partial charge in [-0.3, -0.25) is 4.99 Å². The molecule has 0 N–H and O–H groups in total. The Bertz CT molecular complexity index is 921. The molecule has 1 aliphatic heterocycles. The van der Waals surface area contributed by atoms with Crippen molar-refractivity contribution < 1.29 is 4.57 Å². The van der Waals surface area contributed by atoms with Crippen molar-refractivity contribution in [2.75, 3.05) is 6.54 Å². The normalized spacial score (nSPS) is 24.3. The van der Waals surface area contributed by atoms with Gasteiger partial charge in [0.15, 0.2) is 11.7 Å². The summed E-state index contributed by atoms with van der Waals surface area (Å²) in [6, 6.07) is 15.2. The maximum atomic E-state index is 4.70. The van der Waals surface area contributed by atoms with Crippen LogP contribution in [0.1, 0.15) is 32.8 Å². The van der Waals surface area contributed by atoms with Gasteiger partial charge >= 0.3 is 0 Å². The van der Waals surface area contributed by atoms with Crippen LogP contribution in [0.25, 0.3) is 11.3 Å². The maximum absolute atomic E-state index is 4.70. The van der Waals surface area contributed by atoms with E-state index in [1.54, 1.807) is 6.08 Å². The molecule has 0 radical (unpaired) electrons. The minimum Gasteiger partial charge on any atom is -0.286 e. The zero-order valence-corrected chi connectivity index (χ0v) is 16.7. The number of nitrogens with zero attached hydrogens (tertiary/aromatic N) is 2. The van der Waals surface area contributed by atoms with Crippen molar-refractivity contribution in [3.05, 3.63) is 91.2 Å². The summed E-state index contributed by atoms with van der Waals surface area (Å²) >= 11 is 0. The van der Waals surface area contributed by atoms with E-state index in [9.17, 15) is 0 Å². The quantitative estimate of drug-likeness (QED) is 0.373. The topological polar surface area (TPSA) is 16.2 Å².